The molecule has 11 heteroatoms. The zero-order valence-electron chi connectivity index (χ0n) is 18.0. The first-order chi connectivity index (χ1) is 15.3. The summed E-state index contributed by atoms with van der Waals surface area (Å²) in [6.07, 6.45) is 4.85. The van der Waals surface area contributed by atoms with Crippen molar-refractivity contribution in [2.24, 2.45) is 0 Å². The van der Waals surface area contributed by atoms with E-state index in [1.54, 1.807) is 12.1 Å². The van der Waals surface area contributed by atoms with Crippen molar-refractivity contribution >= 4 is 33.6 Å². The normalized spacial score (nSPS) is 11.0. The molecule has 0 saturated carbocycles. The number of benzene rings is 1. The maximum absolute atomic E-state index is 12.6. The summed E-state index contributed by atoms with van der Waals surface area (Å²) >= 11 is 5.99. The van der Waals surface area contributed by atoms with Gasteiger partial charge in [0.2, 0.25) is 5.88 Å². The topological polar surface area (TPSA) is 126 Å². The number of urea groups is 1. The number of nitrogens with zero attached hydrogens (tertiary/aromatic N) is 1. The Kier molecular flexibility index (Phi) is 9.73. The lowest BCUT2D eigenvalue weighted by molar-refractivity contribution is 0.0949. The third-order valence-corrected chi connectivity index (χ3v) is 5.99. The molecule has 174 valence electrons. The molecule has 0 atom stereocenters. The molecule has 0 aliphatic heterocycles. The van der Waals surface area contributed by atoms with E-state index < -0.39 is 16.1 Å². The van der Waals surface area contributed by atoms with Gasteiger partial charge in [-0.3, -0.25) is 4.79 Å². The maximum atomic E-state index is 12.6. The van der Waals surface area contributed by atoms with E-state index in [-0.39, 0.29) is 22.2 Å². The lowest BCUT2D eigenvalue weighted by Gasteiger charge is -2.11. The number of rotatable bonds is 11. The summed E-state index contributed by atoms with van der Waals surface area (Å²) in [4.78, 5) is 27.9. The molecule has 0 bridgehead atoms. The van der Waals surface area contributed by atoms with Crippen LogP contribution in [0.4, 0.5) is 4.79 Å². The summed E-state index contributed by atoms with van der Waals surface area (Å²) < 4.78 is 31.7. The number of carbonyl (C=O) groups excluding carboxylic acids is 2. The van der Waals surface area contributed by atoms with Crippen LogP contribution in [0.2, 0.25) is 5.02 Å². The average molecular weight is 483 g/mol. The van der Waals surface area contributed by atoms with Gasteiger partial charge in [0.15, 0.2) is 0 Å². The lowest BCUT2D eigenvalue weighted by atomic mass is 10.1. The first kappa shape index (κ1) is 25.4. The molecule has 32 heavy (non-hydrogen) atoms. The highest BCUT2D eigenvalue weighted by atomic mass is 35.5. The summed E-state index contributed by atoms with van der Waals surface area (Å²) in [5.74, 6) is -0.124. The molecule has 3 N–H and O–H groups in total. The van der Waals surface area contributed by atoms with Crippen molar-refractivity contribution in [1.82, 2.24) is 20.3 Å². The number of nitrogens with one attached hydrogen (secondary N) is 3. The number of pyridine rings is 1. The van der Waals surface area contributed by atoms with E-state index in [9.17, 15) is 18.0 Å². The van der Waals surface area contributed by atoms with Gasteiger partial charge in [0, 0.05) is 19.8 Å². The van der Waals surface area contributed by atoms with E-state index in [1.165, 1.54) is 31.4 Å². The molecule has 2 aromatic rings. The molecule has 0 aliphatic carbocycles. The van der Waals surface area contributed by atoms with Crippen molar-refractivity contribution < 1.29 is 22.7 Å². The molecular weight excluding hydrogens is 456 g/mol. The molecule has 0 fully saturated rings. The molecule has 1 aromatic carbocycles. The Balaban J connectivity index is 1.94. The minimum atomic E-state index is -3.94. The van der Waals surface area contributed by atoms with E-state index in [2.05, 4.69) is 22.5 Å². The summed E-state index contributed by atoms with van der Waals surface area (Å²) in [5, 5.41) is 5.31. The second-order valence-electron chi connectivity index (χ2n) is 6.90. The molecule has 0 aliphatic rings. The van der Waals surface area contributed by atoms with Gasteiger partial charge in [0.05, 0.1) is 16.5 Å². The minimum absolute atomic E-state index is 0.0382. The van der Waals surface area contributed by atoms with Crippen LogP contribution in [0.15, 0.2) is 41.4 Å². The zero-order valence-corrected chi connectivity index (χ0v) is 19.6. The van der Waals surface area contributed by atoms with Gasteiger partial charge in [0.1, 0.15) is 5.56 Å². The van der Waals surface area contributed by atoms with E-state index in [0.717, 1.165) is 24.8 Å². The number of hydrogen-bond acceptors (Lipinski definition) is 6. The molecule has 0 spiro atoms. The van der Waals surface area contributed by atoms with Crippen LogP contribution in [-0.4, -0.2) is 45.5 Å². The fraction of sp³-hybridized carbons (Fsp3) is 0.381. The summed E-state index contributed by atoms with van der Waals surface area (Å²) in [6, 6.07) is 6.72. The number of aromatic nitrogens is 1. The van der Waals surface area contributed by atoms with Gasteiger partial charge in [-0.1, -0.05) is 43.5 Å². The Morgan fingerprint density at radius 1 is 1.16 bits per heavy atom. The van der Waals surface area contributed by atoms with Gasteiger partial charge in [-0.25, -0.2) is 22.9 Å². The maximum Gasteiger partial charge on any atom is 0.328 e. The number of ether oxygens (including phenoxy) is 1. The van der Waals surface area contributed by atoms with E-state index in [4.69, 9.17) is 16.3 Å². The molecule has 1 heterocycles. The van der Waals surface area contributed by atoms with Gasteiger partial charge >= 0.3 is 6.03 Å². The SMILES string of the molecule is CCCCCOc1ncc(Cl)cc1C(=O)NCCc1ccc(S(=O)(=O)NC(=O)NC)cc1. The van der Waals surface area contributed by atoms with Gasteiger partial charge in [0.25, 0.3) is 15.9 Å². The number of unbranched alkanes of at least 4 members (excludes halogenated alkanes) is 2. The Morgan fingerprint density at radius 2 is 1.88 bits per heavy atom. The minimum Gasteiger partial charge on any atom is -0.477 e. The number of hydrogen-bond donors (Lipinski definition) is 3. The standard InChI is InChI=1S/C21H27ClN4O5S/c1-3-4-5-12-31-20-18(13-16(22)14-25-20)19(27)24-11-10-15-6-8-17(9-7-15)32(29,30)26-21(28)23-2/h6-9,13-14H,3-5,10-12H2,1-2H3,(H,24,27)(H2,23,26,28). The fourth-order valence-electron chi connectivity index (χ4n) is 2.71. The summed E-state index contributed by atoms with van der Waals surface area (Å²) in [6.45, 7) is 2.86. The third-order valence-electron chi connectivity index (χ3n) is 4.44. The fourth-order valence-corrected chi connectivity index (χ4v) is 3.82. The van der Waals surface area contributed by atoms with Crippen molar-refractivity contribution in [3.8, 4) is 5.88 Å². The summed E-state index contributed by atoms with van der Waals surface area (Å²) in [7, 11) is -2.62. The largest absolute Gasteiger partial charge is 0.477 e. The van der Waals surface area contributed by atoms with Crippen LogP contribution in [0.5, 0.6) is 5.88 Å². The van der Waals surface area contributed by atoms with Crippen LogP contribution in [0.1, 0.15) is 42.1 Å². The van der Waals surface area contributed by atoms with Crippen molar-refractivity contribution in [3.63, 3.8) is 0 Å². The highest BCUT2D eigenvalue weighted by Gasteiger charge is 2.17. The van der Waals surface area contributed by atoms with Crippen LogP contribution in [0, 0.1) is 0 Å². The monoisotopic (exact) mass is 482 g/mol. The number of amides is 3. The van der Waals surface area contributed by atoms with E-state index in [1.807, 2.05) is 4.72 Å². The second-order valence-corrected chi connectivity index (χ2v) is 9.02. The molecule has 9 nitrogen and oxygen atoms in total. The predicted octanol–water partition coefficient (Wildman–Crippen LogP) is 2.89. The Labute approximate surface area is 193 Å². The second kappa shape index (κ2) is 12.3. The lowest BCUT2D eigenvalue weighted by Crippen LogP contribution is -2.37. The van der Waals surface area contributed by atoms with Gasteiger partial charge in [-0.15, -0.1) is 0 Å². The number of sulfonamides is 1. The first-order valence-electron chi connectivity index (χ1n) is 10.2. The Bertz CT molecular complexity index is 1030. The number of halogens is 1. The van der Waals surface area contributed by atoms with Crippen molar-refractivity contribution in [2.75, 3.05) is 20.2 Å². The van der Waals surface area contributed by atoms with Crippen LogP contribution in [-0.2, 0) is 16.4 Å². The first-order valence-corrected chi connectivity index (χ1v) is 12.0. The third kappa shape index (κ3) is 7.69. The molecule has 1 aromatic heterocycles. The van der Waals surface area contributed by atoms with Crippen molar-refractivity contribution in [1.29, 1.82) is 0 Å². The van der Waals surface area contributed by atoms with Crippen LogP contribution in [0.25, 0.3) is 0 Å². The van der Waals surface area contributed by atoms with Crippen LogP contribution in [0.3, 0.4) is 0 Å². The van der Waals surface area contributed by atoms with E-state index in [0.29, 0.717) is 24.6 Å². The molecule has 2 rings (SSSR count). The van der Waals surface area contributed by atoms with Crippen molar-refractivity contribution in [2.45, 2.75) is 37.5 Å². The van der Waals surface area contributed by atoms with E-state index >= 15 is 0 Å². The quantitative estimate of drug-likeness (QED) is 0.423. The molecule has 0 unspecified atom stereocenters. The van der Waals surface area contributed by atoms with Crippen LogP contribution >= 0.6 is 11.6 Å². The number of carbonyl (C=O) groups is 2. The van der Waals surface area contributed by atoms with Gasteiger partial charge in [-0.05, 0) is 36.6 Å². The highest BCUT2D eigenvalue weighted by molar-refractivity contribution is 7.90. The average Bonchev–Trinajstić information content (AvgIpc) is 2.77. The molecular formula is C21H27ClN4O5S. The zero-order chi connectivity index (χ0) is 23.6. The van der Waals surface area contributed by atoms with Gasteiger partial charge < -0.3 is 15.4 Å². The Morgan fingerprint density at radius 3 is 2.53 bits per heavy atom. The summed E-state index contributed by atoms with van der Waals surface area (Å²) in [5.41, 5.74) is 1.07. The van der Waals surface area contributed by atoms with Gasteiger partial charge in [-0.2, -0.15) is 0 Å². The van der Waals surface area contributed by atoms with Crippen LogP contribution < -0.4 is 20.1 Å². The smallest absolute Gasteiger partial charge is 0.328 e. The highest BCUT2D eigenvalue weighted by Crippen LogP contribution is 2.20. The Hall–Kier alpha value is -2.85. The predicted molar refractivity (Wildman–Crippen MR) is 122 cm³/mol. The molecule has 3 amide bonds. The molecule has 0 radical (unpaired) electrons. The molecule has 0 saturated heterocycles. The van der Waals surface area contributed by atoms with Crippen molar-refractivity contribution in [3.05, 3.63) is 52.7 Å².